The number of rotatable bonds is 9. The van der Waals surface area contributed by atoms with Gasteiger partial charge in [-0.15, -0.1) is 0 Å². The fourth-order valence-corrected chi connectivity index (χ4v) is 3.99. The molecule has 5 aromatic rings. The molecule has 2 heterocycles. The zero-order chi connectivity index (χ0) is 28.1. The summed E-state index contributed by atoms with van der Waals surface area (Å²) in [6.45, 7) is 4.06. The van der Waals surface area contributed by atoms with Crippen LogP contribution in [0.1, 0.15) is 16.9 Å². The van der Waals surface area contributed by atoms with E-state index in [1.54, 1.807) is 12.1 Å². The molecule has 0 aliphatic carbocycles. The van der Waals surface area contributed by atoms with Gasteiger partial charge in [0.15, 0.2) is 0 Å². The molecule has 0 saturated carbocycles. The Morgan fingerprint density at radius 2 is 1.48 bits per heavy atom. The van der Waals surface area contributed by atoms with Crippen LogP contribution < -0.4 is 16.1 Å². The van der Waals surface area contributed by atoms with Gasteiger partial charge >= 0.3 is 0 Å². The molecule has 0 radical (unpaired) electrons. The van der Waals surface area contributed by atoms with E-state index in [0.717, 1.165) is 26.1 Å². The molecule has 12 heteroatoms. The predicted octanol–water partition coefficient (Wildman–Crippen LogP) is 7.19. The highest BCUT2D eigenvalue weighted by Crippen LogP contribution is 2.24. The fourth-order valence-electron chi connectivity index (χ4n) is 3.63. The van der Waals surface area contributed by atoms with Crippen molar-refractivity contribution in [2.24, 2.45) is 5.10 Å². The number of benzene rings is 3. The van der Waals surface area contributed by atoms with Crippen molar-refractivity contribution < 1.29 is 9.34 Å². The van der Waals surface area contributed by atoms with Gasteiger partial charge < -0.3 is 15.1 Å². The zero-order valence-electron chi connectivity index (χ0n) is 21.4. The number of aromatic nitrogens is 3. The first-order chi connectivity index (χ1) is 19.3. The molecule has 0 spiro atoms. The summed E-state index contributed by atoms with van der Waals surface area (Å²) in [5.74, 6) is 1.94. The van der Waals surface area contributed by atoms with Gasteiger partial charge in [-0.2, -0.15) is 20.1 Å². The van der Waals surface area contributed by atoms with E-state index in [9.17, 15) is 10.1 Å². The standard InChI is InChI=1S/C28H23IN8O3/c1-17-3-8-22(15-18(17)2)32-27-33-26(31-21-9-11-23(12-10-21)37(38)39)34-28(35-27)36-30-16-24-13-14-25(40-24)19-4-6-20(29)7-5-19/h3-16H,1-2H3,(H3,31,32,33,34,35,36)/b30-16-. The van der Waals surface area contributed by atoms with Gasteiger partial charge in [0.1, 0.15) is 11.5 Å². The maximum atomic E-state index is 11.0. The molecule has 3 N–H and O–H groups in total. The topological polar surface area (TPSA) is 143 Å². The van der Waals surface area contributed by atoms with E-state index in [-0.39, 0.29) is 23.5 Å². The molecule has 11 nitrogen and oxygen atoms in total. The lowest BCUT2D eigenvalue weighted by Gasteiger charge is -2.11. The minimum absolute atomic E-state index is 0.0157. The van der Waals surface area contributed by atoms with Crippen LogP contribution in [0.4, 0.5) is 34.9 Å². The van der Waals surface area contributed by atoms with Crippen LogP contribution in [0.5, 0.6) is 0 Å². The normalized spacial score (nSPS) is 11.0. The number of nitrogens with zero attached hydrogens (tertiary/aromatic N) is 5. The molecule has 0 aliphatic rings. The summed E-state index contributed by atoms with van der Waals surface area (Å²) < 4.78 is 7.03. The van der Waals surface area contributed by atoms with Gasteiger partial charge in [-0.25, -0.2) is 5.43 Å². The van der Waals surface area contributed by atoms with Crippen LogP contribution in [-0.2, 0) is 0 Å². The van der Waals surface area contributed by atoms with Crippen LogP contribution in [0.3, 0.4) is 0 Å². The molecule has 0 aliphatic heterocycles. The largest absolute Gasteiger partial charge is 0.455 e. The number of non-ortho nitro benzene ring substituents is 1. The average Bonchev–Trinajstić information content (AvgIpc) is 3.40. The molecule has 0 unspecified atom stereocenters. The van der Waals surface area contributed by atoms with Gasteiger partial charge in [-0.3, -0.25) is 10.1 Å². The second-order valence-electron chi connectivity index (χ2n) is 8.74. The first kappa shape index (κ1) is 26.7. The molecule has 0 bridgehead atoms. The Balaban J connectivity index is 1.36. The smallest absolute Gasteiger partial charge is 0.269 e. The van der Waals surface area contributed by atoms with Crippen molar-refractivity contribution in [1.82, 2.24) is 15.0 Å². The van der Waals surface area contributed by atoms with Crippen molar-refractivity contribution in [1.29, 1.82) is 0 Å². The Morgan fingerprint density at radius 1 is 0.825 bits per heavy atom. The number of aryl methyl sites for hydroxylation is 2. The van der Waals surface area contributed by atoms with Crippen LogP contribution in [0, 0.1) is 27.5 Å². The molecule has 3 aromatic carbocycles. The maximum absolute atomic E-state index is 11.0. The number of hydrogen-bond acceptors (Lipinski definition) is 10. The van der Waals surface area contributed by atoms with Gasteiger partial charge in [0.2, 0.25) is 17.8 Å². The molecule has 5 rings (SSSR count). The summed E-state index contributed by atoms with van der Waals surface area (Å²) in [6, 6.07) is 23.6. The third-order valence-electron chi connectivity index (χ3n) is 5.84. The number of furan rings is 1. The minimum atomic E-state index is -0.458. The summed E-state index contributed by atoms with van der Waals surface area (Å²) >= 11 is 2.26. The van der Waals surface area contributed by atoms with Crippen LogP contribution in [0.25, 0.3) is 11.3 Å². The molecule has 200 valence electrons. The van der Waals surface area contributed by atoms with E-state index in [2.05, 4.69) is 58.7 Å². The second-order valence-corrected chi connectivity index (χ2v) is 9.98. The van der Waals surface area contributed by atoms with Crippen molar-refractivity contribution in [3.05, 3.63) is 109 Å². The molecular formula is C28H23IN8O3. The van der Waals surface area contributed by atoms with Crippen LogP contribution in [0.2, 0.25) is 0 Å². The third-order valence-corrected chi connectivity index (χ3v) is 6.56. The fraction of sp³-hybridized carbons (Fsp3) is 0.0714. The molecule has 2 aromatic heterocycles. The highest BCUT2D eigenvalue weighted by Gasteiger charge is 2.10. The Hall–Kier alpha value is -4.85. The quantitative estimate of drug-likeness (QED) is 0.0656. The Morgan fingerprint density at radius 3 is 2.15 bits per heavy atom. The number of nitro groups is 1. The summed E-state index contributed by atoms with van der Waals surface area (Å²) in [4.78, 5) is 23.8. The summed E-state index contributed by atoms with van der Waals surface area (Å²) in [5, 5.41) is 21.5. The van der Waals surface area contributed by atoms with E-state index in [1.807, 2.05) is 68.4 Å². The van der Waals surface area contributed by atoms with Crippen LogP contribution >= 0.6 is 22.6 Å². The van der Waals surface area contributed by atoms with Crippen LogP contribution in [-0.4, -0.2) is 26.1 Å². The van der Waals surface area contributed by atoms with Crippen LogP contribution in [0.15, 0.2) is 88.4 Å². The van der Waals surface area contributed by atoms with Gasteiger partial charge in [0.05, 0.1) is 11.1 Å². The highest BCUT2D eigenvalue weighted by atomic mass is 127. The summed E-state index contributed by atoms with van der Waals surface area (Å²) in [5.41, 5.74) is 7.44. The number of nitro benzene ring substituents is 1. The Bertz CT molecular complexity index is 1690. The second kappa shape index (κ2) is 11.9. The number of nitrogens with one attached hydrogen (secondary N) is 3. The van der Waals surface area contributed by atoms with Gasteiger partial charge in [-0.05, 0) is 96.1 Å². The number of hydrogen-bond donors (Lipinski definition) is 3. The number of hydrazone groups is 1. The minimum Gasteiger partial charge on any atom is -0.455 e. The zero-order valence-corrected chi connectivity index (χ0v) is 23.6. The first-order valence-electron chi connectivity index (χ1n) is 12.1. The molecule has 0 amide bonds. The SMILES string of the molecule is Cc1ccc(Nc2nc(N/N=C\c3ccc(-c4ccc(I)cc4)o3)nc(Nc3ccc([N+](=O)[O-])cc3)n2)cc1C. The molecule has 0 atom stereocenters. The van der Waals surface area contributed by atoms with Crippen molar-refractivity contribution in [2.45, 2.75) is 13.8 Å². The monoisotopic (exact) mass is 646 g/mol. The van der Waals surface area contributed by atoms with Crippen molar-refractivity contribution in [3.8, 4) is 11.3 Å². The number of halogens is 1. The Kier molecular flexibility index (Phi) is 7.96. The molecule has 40 heavy (non-hydrogen) atoms. The predicted molar refractivity (Wildman–Crippen MR) is 163 cm³/mol. The van der Waals surface area contributed by atoms with E-state index in [4.69, 9.17) is 4.42 Å². The van der Waals surface area contributed by atoms with E-state index in [0.29, 0.717) is 11.4 Å². The average molecular weight is 646 g/mol. The van der Waals surface area contributed by atoms with E-state index >= 15 is 0 Å². The van der Waals surface area contributed by atoms with E-state index < -0.39 is 4.92 Å². The molecular weight excluding hydrogens is 623 g/mol. The lowest BCUT2D eigenvalue weighted by atomic mass is 10.1. The first-order valence-corrected chi connectivity index (χ1v) is 13.2. The summed E-state index contributed by atoms with van der Waals surface area (Å²) in [7, 11) is 0. The number of anilines is 5. The molecule has 0 fully saturated rings. The third kappa shape index (κ3) is 6.77. The highest BCUT2D eigenvalue weighted by molar-refractivity contribution is 14.1. The van der Waals surface area contributed by atoms with Crippen molar-refractivity contribution in [3.63, 3.8) is 0 Å². The van der Waals surface area contributed by atoms with Crippen molar-refractivity contribution >= 4 is 63.7 Å². The summed E-state index contributed by atoms with van der Waals surface area (Å²) in [6.07, 6.45) is 1.53. The van der Waals surface area contributed by atoms with Gasteiger partial charge in [0, 0.05) is 32.6 Å². The molecule has 0 saturated heterocycles. The van der Waals surface area contributed by atoms with Gasteiger partial charge in [-0.1, -0.05) is 18.2 Å². The lowest BCUT2D eigenvalue weighted by molar-refractivity contribution is -0.384. The van der Waals surface area contributed by atoms with Gasteiger partial charge in [0.25, 0.3) is 5.69 Å². The Labute approximate surface area is 243 Å². The van der Waals surface area contributed by atoms with E-state index in [1.165, 1.54) is 23.9 Å². The maximum Gasteiger partial charge on any atom is 0.269 e. The lowest BCUT2D eigenvalue weighted by Crippen LogP contribution is -2.07. The van der Waals surface area contributed by atoms with Crippen molar-refractivity contribution in [2.75, 3.05) is 16.1 Å².